The molecule has 0 saturated carbocycles. The predicted octanol–water partition coefficient (Wildman–Crippen LogP) is 2.47. The molecule has 10 heteroatoms. The summed E-state index contributed by atoms with van der Waals surface area (Å²) in [4.78, 5) is 22.5. The second-order valence-corrected chi connectivity index (χ2v) is 6.90. The normalized spacial score (nSPS) is 18.2. The monoisotopic (exact) mass is 410 g/mol. The van der Waals surface area contributed by atoms with E-state index < -0.39 is 17.5 Å². The highest BCUT2D eigenvalue weighted by molar-refractivity contribution is 7.11. The summed E-state index contributed by atoms with van der Waals surface area (Å²) < 4.78 is 40.7. The molecular formula is C18H17F3N4O2S. The first-order valence-electron chi connectivity index (χ1n) is 8.29. The Balaban J connectivity index is 0.000000211. The summed E-state index contributed by atoms with van der Waals surface area (Å²) in [6.45, 7) is 0.994. The fraction of sp³-hybridized carbons (Fsp3) is 0.278. The average molecular weight is 410 g/mol. The lowest BCUT2D eigenvalue weighted by atomic mass is 10.1. The summed E-state index contributed by atoms with van der Waals surface area (Å²) in [5.41, 5.74) is 7.55. The van der Waals surface area contributed by atoms with Gasteiger partial charge in [-0.25, -0.2) is 22.9 Å². The first-order chi connectivity index (χ1) is 13.4. The Kier molecular flexibility index (Phi) is 6.10. The molecule has 0 amide bonds. The number of carbonyl (C=O) groups is 1. The molecule has 1 saturated heterocycles. The molecule has 28 heavy (non-hydrogen) atoms. The van der Waals surface area contributed by atoms with Crippen LogP contribution in [0.3, 0.4) is 0 Å². The van der Waals surface area contributed by atoms with Gasteiger partial charge in [0.1, 0.15) is 0 Å². The summed E-state index contributed by atoms with van der Waals surface area (Å²) >= 11 is 1.53. The third kappa shape index (κ3) is 4.07. The molecule has 1 aromatic heterocycles. The van der Waals surface area contributed by atoms with Crippen LogP contribution in [0, 0.1) is 17.5 Å². The van der Waals surface area contributed by atoms with Gasteiger partial charge in [0, 0.05) is 36.3 Å². The van der Waals surface area contributed by atoms with Crippen LogP contribution in [0.4, 0.5) is 13.2 Å². The summed E-state index contributed by atoms with van der Waals surface area (Å²) in [7, 11) is 1.38. The van der Waals surface area contributed by atoms with Gasteiger partial charge in [-0.2, -0.15) is 0 Å². The number of nitrogens with two attached hydrogens (primary N) is 1. The van der Waals surface area contributed by atoms with Crippen molar-refractivity contribution >= 4 is 23.1 Å². The zero-order chi connectivity index (χ0) is 20.3. The van der Waals surface area contributed by atoms with Gasteiger partial charge >= 0.3 is 5.97 Å². The molecule has 2 aliphatic rings. The first-order valence-corrected chi connectivity index (χ1v) is 9.17. The number of esters is 1. The number of fused-ring (bicyclic) bond motifs is 1. The summed E-state index contributed by atoms with van der Waals surface area (Å²) in [6, 6.07) is 2.84. The molecule has 1 fully saturated rings. The topological polar surface area (TPSA) is 80.8 Å². The second kappa shape index (κ2) is 8.53. The van der Waals surface area contributed by atoms with Crippen molar-refractivity contribution in [3.8, 4) is 0 Å². The van der Waals surface area contributed by atoms with Gasteiger partial charge in [0.2, 0.25) is 0 Å². The van der Waals surface area contributed by atoms with Crippen molar-refractivity contribution in [3.05, 3.63) is 63.5 Å². The van der Waals surface area contributed by atoms with Crippen molar-refractivity contribution < 1.29 is 22.7 Å². The van der Waals surface area contributed by atoms with Crippen LogP contribution < -0.4 is 5.73 Å². The number of rotatable bonds is 2. The minimum Gasteiger partial charge on any atom is -0.466 e. The quantitative estimate of drug-likeness (QED) is 0.608. The minimum atomic E-state index is -1.42. The third-order valence-corrected chi connectivity index (χ3v) is 4.92. The van der Waals surface area contributed by atoms with Gasteiger partial charge in [-0.15, -0.1) is 11.3 Å². The standard InChI is InChI=1S/C12H14N4O2S.C6H3F3/c1-18-12(17)8-5-15-10(11-14-2-3-19-11)16-6-7(13)4-9(8)16;7-4-2-1-3-5(8)6(4)9/h2-3,7H,4-6,13H2,1H3;1-3H. The van der Waals surface area contributed by atoms with E-state index in [1.54, 1.807) is 6.20 Å². The number of hydrogen-bond donors (Lipinski definition) is 1. The maximum Gasteiger partial charge on any atom is 0.337 e. The minimum absolute atomic E-state index is 0.0120. The molecule has 1 atom stereocenters. The smallest absolute Gasteiger partial charge is 0.337 e. The van der Waals surface area contributed by atoms with Crippen LogP contribution in [0.1, 0.15) is 11.4 Å². The number of benzene rings is 1. The predicted molar refractivity (Wildman–Crippen MR) is 98.2 cm³/mol. The number of halogens is 3. The largest absolute Gasteiger partial charge is 0.466 e. The molecule has 6 nitrogen and oxygen atoms in total. The molecule has 2 N–H and O–H groups in total. The SMILES string of the molecule is COC(=O)C1=C2CC(N)CN2C(c2nccs2)=NC1.Fc1cccc(F)c1F. The van der Waals surface area contributed by atoms with E-state index in [4.69, 9.17) is 10.5 Å². The number of methoxy groups -OCH3 is 1. The van der Waals surface area contributed by atoms with Crippen LogP contribution in [0.5, 0.6) is 0 Å². The first kappa shape index (κ1) is 20.0. The zero-order valence-electron chi connectivity index (χ0n) is 14.9. The Morgan fingerprint density at radius 3 is 2.61 bits per heavy atom. The van der Waals surface area contributed by atoms with E-state index in [1.165, 1.54) is 18.4 Å². The molecule has 1 aromatic carbocycles. The van der Waals surface area contributed by atoms with Crippen LogP contribution in [0.2, 0.25) is 0 Å². The molecule has 0 aliphatic carbocycles. The number of aromatic nitrogens is 1. The highest BCUT2D eigenvalue weighted by Gasteiger charge is 2.36. The van der Waals surface area contributed by atoms with Gasteiger partial charge in [-0.05, 0) is 12.1 Å². The van der Waals surface area contributed by atoms with Crippen LogP contribution in [-0.2, 0) is 9.53 Å². The Morgan fingerprint density at radius 1 is 1.32 bits per heavy atom. The Morgan fingerprint density at radius 2 is 2.04 bits per heavy atom. The van der Waals surface area contributed by atoms with Crippen LogP contribution >= 0.6 is 11.3 Å². The molecule has 2 aliphatic heterocycles. The number of thiazole rings is 1. The number of carbonyl (C=O) groups excluding carboxylic acids is 1. The van der Waals surface area contributed by atoms with E-state index in [9.17, 15) is 18.0 Å². The van der Waals surface area contributed by atoms with Crippen LogP contribution in [0.25, 0.3) is 0 Å². The van der Waals surface area contributed by atoms with E-state index in [0.29, 0.717) is 25.1 Å². The van der Waals surface area contributed by atoms with Crippen molar-refractivity contribution in [2.45, 2.75) is 12.5 Å². The Hall–Kier alpha value is -2.72. The average Bonchev–Trinajstić information content (AvgIpc) is 3.34. The van der Waals surface area contributed by atoms with E-state index >= 15 is 0 Å². The van der Waals surface area contributed by atoms with E-state index in [1.807, 2.05) is 10.3 Å². The van der Waals surface area contributed by atoms with Crippen molar-refractivity contribution in [1.82, 2.24) is 9.88 Å². The molecule has 1 unspecified atom stereocenters. The zero-order valence-corrected chi connectivity index (χ0v) is 15.7. The fourth-order valence-electron chi connectivity index (χ4n) is 2.90. The summed E-state index contributed by atoms with van der Waals surface area (Å²) in [5, 5.41) is 2.77. The van der Waals surface area contributed by atoms with Crippen molar-refractivity contribution in [1.29, 1.82) is 0 Å². The van der Waals surface area contributed by atoms with E-state index in [0.717, 1.165) is 34.7 Å². The fourth-order valence-corrected chi connectivity index (χ4v) is 3.55. The number of nitrogens with zero attached hydrogens (tertiary/aromatic N) is 3. The third-order valence-electron chi connectivity index (χ3n) is 4.15. The maximum atomic E-state index is 12.0. The molecule has 2 aromatic rings. The Labute approximate surface area is 163 Å². The molecule has 0 spiro atoms. The molecule has 0 bridgehead atoms. The number of amidine groups is 1. The number of aliphatic imine (C=N–C) groups is 1. The highest BCUT2D eigenvalue weighted by atomic mass is 32.1. The molecule has 4 rings (SSSR count). The van der Waals surface area contributed by atoms with Gasteiger partial charge in [0.05, 0.1) is 19.2 Å². The molecule has 3 heterocycles. The molecule has 0 radical (unpaired) electrons. The van der Waals surface area contributed by atoms with Crippen molar-refractivity contribution in [3.63, 3.8) is 0 Å². The number of ether oxygens (including phenoxy) is 1. The molecule has 148 valence electrons. The van der Waals surface area contributed by atoms with E-state index in [2.05, 4.69) is 9.98 Å². The van der Waals surface area contributed by atoms with E-state index in [-0.39, 0.29) is 12.0 Å². The van der Waals surface area contributed by atoms with Crippen LogP contribution in [0.15, 0.2) is 46.0 Å². The van der Waals surface area contributed by atoms with Gasteiger partial charge in [0.25, 0.3) is 0 Å². The van der Waals surface area contributed by atoms with Gasteiger partial charge in [0.15, 0.2) is 28.3 Å². The number of hydrogen-bond acceptors (Lipinski definition) is 7. The summed E-state index contributed by atoms with van der Waals surface area (Å²) in [6.07, 6.45) is 2.42. The maximum absolute atomic E-state index is 12.0. The summed E-state index contributed by atoms with van der Waals surface area (Å²) in [5.74, 6) is -3.25. The van der Waals surface area contributed by atoms with Crippen LogP contribution in [-0.4, -0.2) is 47.9 Å². The van der Waals surface area contributed by atoms with Gasteiger partial charge < -0.3 is 15.4 Å². The van der Waals surface area contributed by atoms with Crippen molar-refractivity contribution in [2.24, 2.45) is 10.7 Å². The van der Waals surface area contributed by atoms with Crippen molar-refractivity contribution in [2.75, 3.05) is 20.2 Å². The van der Waals surface area contributed by atoms with Gasteiger partial charge in [-0.1, -0.05) is 6.07 Å². The lowest BCUT2D eigenvalue weighted by Gasteiger charge is -2.26. The lowest BCUT2D eigenvalue weighted by molar-refractivity contribution is -0.136. The molecular weight excluding hydrogens is 393 g/mol. The Bertz CT molecular complexity index is 911. The lowest BCUT2D eigenvalue weighted by Crippen LogP contribution is -2.35. The highest BCUT2D eigenvalue weighted by Crippen LogP contribution is 2.30. The second-order valence-electron chi connectivity index (χ2n) is 6.00. The van der Waals surface area contributed by atoms with Gasteiger partial charge in [-0.3, -0.25) is 4.99 Å².